The van der Waals surface area contributed by atoms with Crippen LogP contribution in [0.5, 0.6) is 11.5 Å². The smallest absolute Gasteiger partial charge is 0.231 e. The number of benzene rings is 2. The lowest BCUT2D eigenvalue weighted by molar-refractivity contribution is -0.116. The van der Waals surface area contributed by atoms with E-state index in [1.54, 1.807) is 0 Å². The first-order valence-corrected chi connectivity index (χ1v) is 9.44. The highest BCUT2D eigenvalue weighted by Crippen LogP contribution is 2.34. The summed E-state index contributed by atoms with van der Waals surface area (Å²) >= 11 is 0. The topological polar surface area (TPSA) is 54.0 Å². The van der Waals surface area contributed by atoms with Gasteiger partial charge >= 0.3 is 0 Å². The molecule has 4 rings (SSSR count). The van der Waals surface area contributed by atoms with E-state index in [1.807, 2.05) is 18.2 Å². The Morgan fingerprint density at radius 2 is 1.64 bits per heavy atom. The van der Waals surface area contributed by atoms with Crippen LogP contribution in [0.4, 0.5) is 5.69 Å². The minimum atomic E-state index is 0. The highest BCUT2D eigenvalue weighted by molar-refractivity contribution is 5.91. The number of fused-ring (bicyclic) bond motifs is 1. The Balaban J connectivity index is 0.00000225. The van der Waals surface area contributed by atoms with Crippen molar-refractivity contribution in [3.63, 3.8) is 0 Å². The number of hydrogen-bond donors (Lipinski definition) is 1. The lowest BCUT2D eigenvalue weighted by atomic mass is 10.2. The van der Waals surface area contributed by atoms with Gasteiger partial charge in [0.2, 0.25) is 12.7 Å². The number of carbonyl (C=O) groups is 1. The summed E-state index contributed by atoms with van der Waals surface area (Å²) in [5.41, 5.74) is 2.10. The molecule has 0 aliphatic carbocycles. The second-order valence-electron chi connectivity index (χ2n) is 6.97. The lowest BCUT2D eigenvalue weighted by Crippen LogP contribution is -2.46. The van der Waals surface area contributed by atoms with Gasteiger partial charge in [-0.2, -0.15) is 0 Å². The van der Waals surface area contributed by atoms with Crippen LogP contribution < -0.4 is 14.8 Å². The van der Waals surface area contributed by atoms with Crippen LogP contribution in [0.25, 0.3) is 0 Å². The van der Waals surface area contributed by atoms with Crippen LogP contribution in [0.2, 0.25) is 0 Å². The zero-order valence-electron chi connectivity index (χ0n) is 15.8. The fraction of sp³-hybridized carbons (Fsp3) is 0.381. The van der Waals surface area contributed by atoms with Crippen LogP contribution in [0, 0.1) is 0 Å². The molecule has 150 valence electrons. The molecule has 1 N–H and O–H groups in total. The van der Waals surface area contributed by atoms with Gasteiger partial charge in [0, 0.05) is 57.4 Å². The molecular weight excluding hydrogens is 378 g/mol. The second kappa shape index (κ2) is 9.78. The number of halogens is 1. The summed E-state index contributed by atoms with van der Waals surface area (Å²) in [5.74, 6) is 1.43. The van der Waals surface area contributed by atoms with Crippen LogP contribution in [-0.2, 0) is 11.3 Å². The van der Waals surface area contributed by atoms with Crippen molar-refractivity contribution in [1.82, 2.24) is 9.80 Å². The zero-order chi connectivity index (χ0) is 18.5. The molecule has 0 unspecified atom stereocenters. The maximum absolute atomic E-state index is 12.2. The second-order valence-corrected chi connectivity index (χ2v) is 6.97. The number of amides is 1. The molecule has 2 heterocycles. The van der Waals surface area contributed by atoms with Crippen molar-refractivity contribution in [3.05, 3.63) is 54.1 Å². The summed E-state index contributed by atoms with van der Waals surface area (Å²) in [6.07, 6.45) is 0.493. The van der Waals surface area contributed by atoms with Crippen LogP contribution in [0.1, 0.15) is 12.0 Å². The van der Waals surface area contributed by atoms with Gasteiger partial charge in [0.05, 0.1) is 0 Å². The van der Waals surface area contributed by atoms with Crippen LogP contribution in [-0.4, -0.2) is 55.2 Å². The number of anilines is 1. The monoisotopic (exact) mass is 403 g/mol. The molecule has 6 nitrogen and oxygen atoms in total. The molecule has 1 amide bonds. The van der Waals surface area contributed by atoms with Gasteiger partial charge in [-0.05, 0) is 17.7 Å². The van der Waals surface area contributed by atoms with Crippen molar-refractivity contribution in [2.45, 2.75) is 13.0 Å². The number of nitrogens with zero attached hydrogens (tertiary/aromatic N) is 2. The minimum Gasteiger partial charge on any atom is -0.454 e. The third kappa shape index (κ3) is 5.38. The summed E-state index contributed by atoms with van der Waals surface area (Å²) in [4.78, 5) is 17.1. The average Bonchev–Trinajstić information content (AvgIpc) is 3.16. The number of carbonyl (C=O) groups excluding carboxylic acids is 1. The Bertz CT molecular complexity index is 780. The average molecular weight is 404 g/mol. The highest BCUT2D eigenvalue weighted by Gasteiger charge is 2.18. The number of piperazine rings is 1. The summed E-state index contributed by atoms with van der Waals surface area (Å²) in [6.45, 7) is 6.11. The summed E-state index contributed by atoms with van der Waals surface area (Å²) in [6, 6.07) is 16.0. The molecule has 0 saturated carbocycles. The quantitative estimate of drug-likeness (QED) is 0.803. The highest BCUT2D eigenvalue weighted by atomic mass is 35.5. The van der Waals surface area contributed by atoms with Gasteiger partial charge in [0.15, 0.2) is 11.5 Å². The molecule has 0 bridgehead atoms. The van der Waals surface area contributed by atoms with Gasteiger partial charge in [-0.1, -0.05) is 30.3 Å². The van der Waals surface area contributed by atoms with Crippen molar-refractivity contribution < 1.29 is 14.3 Å². The van der Waals surface area contributed by atoms with Gasteiger partial charge in [0.25, 0.3) is 0 Å². The first-order valence-electron chi connectivity index (χ1n) is 9.44. The lowest BCUT2D eigenvalue weighted by Gasteiger charge is -2.34. The molecule has 0 atom stereocenters. The molecule has 2 aromatic carbocycles. The maximum Gasteiger partial charge on any atom is 0.231 e. The molecule has 2 aromatic rings. The van der Waals surface area contributed by atoms with Gasteiger partial charge in [-0.15, -0.1) is 12.4 Å². The van der Waals surface area contributed by atoms with Crippen molar-refractivity contribution in [2.75, 3.05) is 44.8 Å². The van der Waals surface area contributed by atoms with Crippen molar-refractivity contribution in [2.24, 2.45) is 0 Å². The standard InChI is InChI=1S/C21H25N3O3.ClH/c25-21(22-18-6-7-19-20(14-18)27-16-26-19)8-9-23-10-12-24(13-11-23)15-17-4-2-1-3-5-17;/h1-7,14H,8-13,15-16H2,(H,22,25);1H. The molecule has 2 aliphatic rings. The predicted octanol–water partition coefficient (Wildman–Crippen LogP) is 2.98. The number of ether oxygens (including phenoxy) is 2. The molecule has 1 fully saturated rings. The third-order valence-corrected chi connectivity index (χ3v) is 5.03. The SMILES string of the molecule is Cl.O=C(CCN1CCN(Cc2ccccc2)CC1)Nc1ccc2c(c1)OCO2. The summed E-state index contributed by atoms with van der Waals surface area (Å²) in [7, 11) is 0. The van der Waals surface area contributed by atoms with Gasteiger partial charge in [0.1, 0.15) is 0 Å². The Hall–Kier alpha value is -2.28. The largest absolute Gasteiger partial charge is 0.454 e. The van der Waals surface area contributed by atoms with E-state index in [4.69, 9.17) is 9.47 Å². The molecule has 0 radical (unpaired) electrons. The normalized spacial score (nSPS) is 16.4. The Labute approximate surface area is 171 Å². The van der Waals surface area contributed by atoms with E-state index >= 15 is 0 Å². The molecule has 7 heteroatoms. The van der Waals surface area contributed by atoms with Crippen molar-refractivity contribution >= 4 is 24.0 Å². The van der Waals surface area contributed by atoms with E-state index in [-0.39, 0.29) is 25.1 Å². The Morgan fingerprint density at radius 3 is 2.43 bits per heavy atom. The van der Waals surface area contributed by atoms with E-state index in [2.05, 4.69) is 45.4 Å². The number of nitrogens with one attached hydrogen (secondary N) is 1. The first kappa shape index (κ1) is 20.5. The van der Waals surface area contributed by atoms with Crippen molar-refractivity contribution in [3.8, 4) is 11.5 Å². The predicted molar refractivity (Wildman–Crippen MR) is 111 cm³/mol. The molecular formula is C21H26ClN3O3. The van der Waals surface area contributed by atoms with Gasteiger partial charge in [-0.25, -0.2) is 0 Å². The molecule has 0 aromatic heterocycles. The zero-order valence-corrected chi connectivity index (χ0v) is 16.6. The number of rotatable bonds is 6. The fourth-order valence-electron chi connectivity index (χ4n) is 3.47. The summed E-state index contributed by atoms with van der Waals surface area (Å²) in [5, 5.41) is 2.94. The number of hydrogen-bond acceptors (Lipinski definition) is 5. The molecule has 2 aliphatic heterocycles. The van der Waals surface area contributed by atoms with Crippen LogP contribution >= 0.6 is 12.4 Å². The van der Waals surface area contributed by atoms with Gasteiger partial charge < -0.3 is 19.7 Å². The first-order chi connectivity index (χ1) is 13.3. The van der Waals surface area contributed by atoms with Gasteiger partial charge in [-0.3, -0.25) is 9.69 Å². The summed E-state index contributed by atoms with van der Waals surface area (Å²) < 4.78 is 10.6. The molecule has 1 saturated heterocycles. The van der Waals surface area contributed by atoms with Crippen LogP contribution in [0.3, 0.4) is 0 Å². The van der Waals surface area contributed by atoms with E-state index in [9.17, 15) is 4.79 Å². The Kier molecular flexibility index (Phi) is 7.14. The molecule has 0 spiro atoms. The van der Waals surface area contributed by atoms with E-state index in [0.29, 0.717) is 12.2 Å². The Morgan fingerprint density at radius 1 is 0.929 bits per heavy atom. The van der Waals surface area contributed by atoms with Crippen LogP contribution in [0.15, 0.2) is 48.5 Å². The van der Waals surface area contributed by atoms with E-state index < -0.39 is 0 Å². The third-order valence-electron chi connectivity index (χ3n) is 5.03. The van der Waals surface area contributed by atoms with E-state index in [1.165, 1.54) is 5.56 Å². The molecule has 28 heavy (non-hydrogen) atoms. The van der Waals surface area contributed by atoms with Crippen molar-refractivity contribution in [1.29, 1.82) is 0 Å². The maximum atomic E-state index is 12.2. The van der Waals surface area contributed by atoms with E-state index in [0.717, 1.165) is 50.7 Å². The fourth-order valence-corrected chi connectivity index (χ4v) is 3.47. The minimum absolute atomic E-state index is 0.